The maximum absolute atomic E-state index is 11.5. The van der Waals surface area contributed by atoms with E-state index in [1.807, 2.05) is 0 Å². The van der Waals surface area contributed by atoms with Crippen LogP contribution in [0.5, 0.6) is 0 Å². The zero-order valence-electron chi connectivity index (χ0n) is 20.0. The Morgan fingerprint density at radius 1 is 1.04 bits per heavy atom. The summed E-state index contributed by atoms with van der Waals surface area (Å²) in [5.41, 5.74) is -1.28. The minimum absolute atomic E-state index is 0.0120. The molecule has 28 heavy (non-hydrogen) atoms. The lowest BCUT2D eigenvalue weighted by Gasteiger charge is -2.43. The summed E-state index contributed by atoms with van der Waals surface area (Å²) in [6.07, 6.45) is 0.350. The molecule has 0 aromatic rings. The van der Waals surface area contributed by atoms with Crippen LogP contribution in [0.25, 0.3) is 0 Å². The molecule has 1 N–H and O–H groups in total. The highest BCUT2D eigenvalue weighted by atomic mass is 28.4. The number of hydrogen-bond acceptors (Lipinski definition) is 5. The van der Waals surface area contributed by atoms with Crippen molar-refractivity contribution in [2.75, 3.05) is 13.7 Å². The van der Waals surface area contributed by atoms with Crippen LogP contribution in [0, 0.1) is 0 Å². The zero-order chi connectivity index (χ0) is 22.2. The molecule has 0 spiro atoms. The van der Waals surface area contributed by atoms with Crippen LogP contribution in [0.4, 0.5) is 0 Å². The standard InChI is InChI=1S/C21H44O5Si2/c1-13-14-21(22)17(26-28(11,12)20(5,6)7)16(25-18(21)23-8)15-24-27(9,10)19(2,3)4/h13,16-18,22H,1,14-15H2,2-12H3/t16-,17?,18?,21-/m1/s1. The number of ether oxygens (including phenoxy) is 2. The molecule has 0 bridgehead atoms. The molecule has 7 heteroatoms. The van der Waals surface area contributed by atoms with E-state index in [4.69, 9.17) is 18.3 Å². The van der Waals surface area contributed by atoms with Crippen molar-refractivity contribution in [2.24, 2.45) is 0 Å². The molecular formula is C21H44O5Si2. The van der Waals surface area contributed by atoms with Crippen molar-refractivity contribution < 1.29 is 23.4 Å². The molecule has 1 fully saturated rings. The van der Waals surface area contributed by atoms with Gasteiger partial charge in [-0.1, -0.05) is 47.6 Å². The highest BCUT2D eigenvalue weighted by molar-refractivity contribution is 6.74. The minimum atomic E-state index is -2.16. The van der Waals surface area contributed by atoms with Crippen molar-refractivity contribution in [1.29, 1.82) is 0 Å². The molecule has 0 aromatic carbocycles. The van der Waals surface area contributed by atoms with Crippen LogP contribution in [0.2, 0.25) is 36.3 Å². The molecular weight excluding hydrogens is 388 g/mol. The predicted octanol–water partition coefficient (Wildman–Crippen LogP) is 5.08. The van der Waals surface area contributed by atoms with E-state index in [-0.39, 0.29) is 10.1 Å². The highest BCUT2D eigenvalue weighted by Crippen LogP contribution is 2.44. The van der Waals surface area contributed by atoms with Gasteiger partial charge in [-0.05, 0) is 36.3 Å². The zero-order valence-corrected chi connectivity index (χ0v) is 22.0. The summed E-state index contributed by atoms with van der Waals surface area (Å²) in [4.78, 5) is 0. The lowest BCUT2D eigenvalue weighted by atomic mass is 9.91. The van der Waals surface area contributed by atoms with Crippen LogP contribution in [0.1, 0.15) is 48.0 Å². The first kappa shape index (κ1) is 26.0. The fraction of sp³-hybridized carbons (Fsp3) is 0.905. The topological polar surface area (TPSA) is 57.2 Å². The van der Waals surface area contributed by atoms with Gasteiger partial charge in [-0.25, -0.2) is 0 Å². The van der Waals surface area contributed by atoms with Gasteiger partial charge < -0.3 is 23.4 Å². The van der Waals surface area contributed by atoms with Crippen LogP contribution in [0.15, 0.2) is 12.7 Å². The Morgan fingerprint density at radius 3 is 1.93 bits per heavy atom. The Morgan fingerprint density at radius 2 is 1.54 bits per heavy atom. The molecule has 5 nitrogen and oxygen atoms in total. The van der Waals surface area contributed by atoms with E-state index in [9.17, 15) is 5.11 Å². The molecule has 166 valence electrons. The molecule has 1 saturated heterocycles. The first-order valence-electron chi connectivity index (χ1n) is 10.3. The van der Waals surface area contributed by atoms with Crippen LogP contribution < -0.4 is 0 Å². The number of rotatable bonds is 8. The molecule has 0 aromatic heterocycles. The van der Waals surface area contributed by atoms with Crippen molar-refractivity contribution in [3.05, 3.63) is 12.7 Å². The van der Waals surface area contributed by atoms with E-state index in [2.05, 4.69) is 74.3 Å². The summed E-state index contributed by atoms with van der Waals surface area (Å²) in [6.45, 7) is 26.2. The van der Waals surface area contributed by atoms with Gasteiger partial charge in [0.15, 0.2) is 22.9 Å². The van der Waals surface area contributed by atoms with Crippen molar-refractivity contribution in [3.63, 3.8) is 0 Å². The number of aliphatic hydroxyl groups is 1. The summed E-state index contributed by atoms with van der Waals surface area (Å²) in [5, 5.41) is 11.6. The fourth-order valence-corrected chi connectivity index (χ4v) is 5.17. The molecule has 1 aliphatic heterocycles. The summed E-state index contributed by atoms with van der Waals surface area (Å²) in [7, 11) is -2.56. The second-order valence-electron chi connectivity index (χ2n) is 11.1. The molecule has 1 heterocycles. The smallest absolute Gasteiger partial charge is 0.192 e. The Bertz CT molecular complexity index is 536. The van der Waals surface area contributed by atoms with Crippen molar-refractivity contribution in [3.8, 4) is 0 Å². The third-order valence-electron chi connectivity index (χ3n) is 6.86. The number of methoxy groups -OCH3 is 1. The van der Waals surface area contributed by atoms with E-state index in [1.165, 1.54) is 0 Å². The third kappa shape index (κ3) is 5.36. The average molecular weight is 433 g/mol. The van der Waals surface area contributed by atoms with Crippen LogP contribution >= 0.6 is 0 Å². The van der Waals surface area contributed by atoms with Gasteiger partial charge in [0.25, 0.3) is 0 Å². The molecule has 0 radical (unpaired) electrons. The van der Waals surface area contributed by atoms with Crippen molar-refractivity contribution in [1.82, 2.24) is 0 Å². The third-order valence-corrected chi connectivity index (χ3v) is 15.8. The van der Waals surface area contributed by atoms with Crippen LogP contribution in [-0.4, -0.2) is 59.6 Å². The molecule has 0 aliphatic carbocycles. The molecule has 1 rings (SSSR count). The summed E-state index contributed by atoms with van der Waals surface area (Å²) in [6, 6.07) is 0. The molecule has 0 amide bonds. The summed E-state index contributed by atoms with van der Waals surface area (Å²) in [5.74, 6) is 0. The van der Waals surface area contributed by atoms with E-state index in [0.29, 0.717) is 13.0 Å². The fourth-order valence-electron chi connectivity index (χ4n) is 2.81. The summed E-state index contributed by atoms with van der Waals surface area (Å²) >= 11 is 0. The SMILES string of the molecule is C=CC[C@]1(O)C(OC)O[C@H](CO[Si](C)(C)C(C)(C)C)C1O[Si](C)(C)C(C)(C)C. The maximum Gasteiger partial charge on any atom is 0.192 e. The van der Waals surface area contributed by atoms with Gasteiger partial charge in [0.1, 0.15) is 17.8 Å². The Kier molecular flexibility index (Phi) is 8.00. The first-order chi connectivity index (χ1) is 12.4. The monoisotopic (exact) mass is 432 g/mol. The van der Waals surface area contributed by atoms with Gasteiger partial charge in [-0.2, -0.15) is 0 Å². The maximum atomic E-state index is 11.5. The van der Waals surface area contributed by atoms with E-state index >= 15 is 0 Å². The van der Waals surface area contributed by atoms with Gasteiger partial charge in [-0.3, -0.25) is 0 Å². The van der Waals surface area contributed by atoms with E-state index < -0.39 is 40.7 Å². The van der Waals surface area contributed by atoms with E-state index in [0.717, 1.165) is 0 Å². The first-order valence-corrected chi connectivity index (χ1v) is 16.1. The van der Waals surface area contributed by atoms with Crippen LogP contribution in [-0.2, 0) is 18.3 Å². The van der Waals surface area contributed by atoms with Gasteiger partial charge >= 0.3 is 0 Å². The highest BCUT2D eigenvalue weighted by Gasteiger charge is 2.59. The average Bonchev–Trinajstić information content (AvgIpc) is 2.75. The Balaban J connectivity index is 3.20. The molecule has 2 unspecified atom stereocenters. The quantitative estimate of drug-likeness (QED) is 0.428. The van der Waals surface area contributed by atoms with Gasteiger partial charge in [-0.15, -0.1) is 6.58 Å². The molecule has 0 saturated carbocycles. The van der Waals surface area contributed by atoms with Gasteiger partial charge in [0.05, 0.1) is 6.61 Å². The number of hydrogen-bond donors (Lipinski definition) is 1. The largest absolute Gasteiger partial charge is 0.414 e. The molecule has 1 aliphatic rings. The second-order valence-corrected chi connectivity index (χ2v) is 20.7. The normalized spacial score (nSPS) is 29.9. The lowest BCUT2D eigenvalue weighted by molar-refractivity contribution is -0.191. The second kappa shape index (κ2) is 8.61. The summed E-state index contributed by atoms with van der Waals surface area (Å²) < 4.78 is 24.8. The Labute approximate surface area is 175 Å². The Hall–Kier alpha value is -0.0262. The van der Waals surface area contributed by atoms with Crippen molar-refractivity contribution in [2.45, 2.75) is 108 Å². The van der Waals surface area contributed by atoms with Gasteiger partial charge in [0.2, 0.25) is 0 Å². The predicted molar refractivity (Wildman–Crippen MR) is 121 cm³/mol. The van der Waals surface area contributed by atoms with Gasteiger partial charge in [0, 0.05) is 13.5 Å². The minimum Gasteiger partial charge on any atom is -0.414 e. The van der Waals surface area contributed by atoms with Crippen LogP contribution in [0.3, 0.4) is 0 Å². The van der Waals surface area contributed by atoms with E-state index in [1.54, 1.807) is 13.2 Å². The molecule has 4 atom stereocenters. The van der Waals surface area contributed by atoms with Crippen molar-refractivity contribution >= 4 is 16.6 Å². The lowest BCUT2D eigenvalue weighted by Crippen LogP contribution is -2.56.